The molecule has 0 saturated carbocycles. The molecule has 144 valence electrons. The van der Waals surface area contributed by atoms with Gasteiger partial charge in [-0.15, -0.1) is 0 Å². The largest absolute Gasteiger partial charge is 0.370 e. The Morgan fingerprint density at radius 2 is 2.11 bits per heavy atom. The van der Waals surface area contributed by atoms with Crippen LogP contribution in [0.3, 0.4) is 0 Å². The van der Waals surface area contributed by atoms with Gasteiger partial charge in [0.25, 0.3) is 0 Å². The zero-order chi connectivity index (χ0) is 19.1. The molecule has 1 fully saturated rings. The van der Waals surface area contributed by atoms with Gasteiger partial charge >= 0.3 is 0 Å². The Morgan fingerprint density at radius 1 is 1.30 bits per heavy atom. The highest BCUT2D eigenvalue weighted by Crippen LogP contribution is 2.16. The van der Waals surface area contributed by atoms with E-state index < -0.39 is 0 Å². The molecule has 1 aromatic carbocycles. The van der Waals surface area contributed by atoms with Crippen molar-refractivity contribution in [3.05, 3.63) is 65.7 Å². The predicted molar refractivity (Wildman–Crippen MR) is 101 cm³/mol. The molecule has 0 radical (unpaired) electrons. The molecule has 0 aliphatic carbocycles. The van der Waals surface area contributed by atoms with Gasteiger partial charge in [-0.3, -0.25) is 14.7 Å². The summed E-state index contributed by atoms with van der Waals surface area (Å²) in [6.45, 7) is 2.48. The van der Waals surface area contributed by atoms with E-state index in [0.29, 0.717) is 25.3 Å². The first-order chi connectivity index (χ1) is 13.1. The van der Waals surface area contributed by atoms with Crippen LogP contribution in [0.25, 0.3) is 0 Å². The minimum Gasteiger partial charge on any atom is -0.370 e. The molecule has 2 aromatic rings. The fourth-order valence-corrected chi connectivity index (χ4v) is 3.29. The van der Waals surface area contributed by atoms with E-state index in [9.17, 15) is 9.18 Å². The smallest absolute Gasteiger partial charge is 0.236 e. The minimum atomic E-state index is -0.238. The van der Waals surface area contributed by atoms with Gasteiger partial charge in [-0.05, 0) is 38.1 Å². The number of aromatic nitrogens is 1. The van der Waals surface area contributed by atoms with Crippen LogP contribution in [0.5, 0.6) is 0 Å². The maximum Gasteiger partial charge on any atom is 0.236 e. The second-order valence-corrected chi connectivity index (χ2v) is 7.00. The quantitative estimate of drug-likeness (QED) is 0.751. The third kappa shape index (κ3) is 5.84. The van der Waals surface area contributed by atoms with E-state index in [4.69, 9.17) is 4.74 Å². The van der Waals surface area contributed by atoms with Crippen LogP contribution in [0.4, 0.5) is 4.39 Å². The maximum atomic E-state index is 13.8. The summed E-state index contributed by atoms with van der Waals surface area (Å²) in [4.78, 5) is 20.6. The molecule has 0 N–H and O–H groups in total. The minimum absolute atomic E-state index is 0.0292. The second-order valence-electron chi connectivity index (χ2n) is 7.00. The Hall–Kier alpha value is -2.31. The first-order valence-electron chi connectivity index (χ1n) is 9.33. The number of piperidine rings is 1. The summed E-state index contributed by atoms with van der Waals surface area (Å²) in [6.07, 6.45) is 3.65. The molecule has 0 bridgehead atoms. The van der Waals surface area contributed by atoms with Crippen LogP contribution in [0, 0.1) is 5.82 Å². The van der Waals surface area contributed by atoms with E-state index in [1.54, 1.807) is 18.3 Å². The lowest BCUT2D eigenvalue weighted by Crippen LogP contribution is -2.46. The topological polar surface area (TPSA) is 45.7 Å². The number of halogens is 1. The second kappa shape index (κ2) is 9.58. The highest BCUT2D eigenvalue weighted by Gasteiger charge is 2.25. The standard InChI is InChI=1S/C21H26FN3O2/c1-24(13-17-7-2-3-10-20(17)22)15-21(26)25-12-6-9-19(14-25)27-16-18-8-4-5-11-23-18/h2-5,7-8,10-11,19H,6,9,12-16H2,1H3. The van der Waals surface area contributed by atoms with Crippen molar-refractivity contribution >= 4 is 5.91 Å². The number of rotatable bonds is 7. The lowest BCUT2D eigenvalue weighted by molar-refractivity contribution is -0.136. The van der Waals surface area contributed by atoms with Crippen molar-refractivity contribution in [3.8, 4) is 0 Å². The Balaban J connectivity index is 1.47. The summed E-state index contributed by atoms with van der Waals surface area (Å²) in [5, 5.41) is 0. The van der Waals surface area contributed by atoms with Gasteiger partial charge in [0.05, 0.1) is 24.9 Å². The Kier molecular flexibility index (Phi) is 6.90. The number of pyridine rings is 1. The molecule has 1 saturated heterocycles. The van der Waals surface area contributed by atoms with E-state index in [1.807, 2.05) is 41.1 Å². The normalized spacial score (nSPS) is 17.3. The van der Waals surface area contributed by atoms with Gasteiger partial charge in [0.1, 0.15) is 5.82 Å². The van der Waals surface area contributed by atoms with Gasteiger partial charge in [-0.25, -0.2) is 4.39 Å². The molecule has 27 heavy (non-hydrogen) atoms. The average molecular weight is 371 g/mol. The first kappa shape index (κ1) is 19.5. The molecule has 1 aliphatic rings. The monoisotopic (exact) mass is 371 g/mol. The number of nitrogens with zero attached hydrogens (tertiary/aromatic N) is 3. The van der Waals surface area contributed by atoms with Gasteiger partial charge < -0.3 is 9.64 Å². The Bertz CT molecular complexity index is 741. The van der Waals surface area contributed by atoms with Crippen molar-refractivity contribution in [1.29, 1.82) is 0 Å². The van der Waals surface area contributed by atoms with Crippen molar-refractivity contribution in [2.45, 2.75) is 32.1 Å². The van der Waals surface area contributed by atoms with Crippen LogP contribution in [0.15, 0.2) is 48.7 Å². The average Bonchev–Trinajstić information content (AvgIpc) is 2.69. The van der Waals surface area contributed by atoms with Crippen LogP contribution in [0.1, 0.15) is 24.1 Å². The highest BCUT2D eigenvalue weighted by molar-refractivity contribution is 5.78. The number of carbonyl (C=O) groups excluding carboxylic acids is 1. The molecular weight excluding hydrogens is 345 g/mol. The number of ether oxygens (including phenoxy) is 1. The zero-order valence-electron chi connectivity index (χ0n) is 15.7. The van der Waals surface area contributed by atoms with Gasteiger partial charge in [0.2, 0.25) is 5.91 Å². The summed E-state index contributed by atoms with van der Waals surface area (Å²) in [6, 6.07) is 12.4. The lowest BCUT2D eigenvalue weighted by Gasteiger charge is -2.33. The third-order valence-electron chi connectivity index (χ3n) is 4.73. The van der Waals surface area contributed by atoms with Crippen LogP contribution in [-0.2, 0) is 22.7 Å². The third-order valence-corrected chi connectivity index (χ3v) is 4.73. The van der Waals surface area contributed by atoms with Crippen molar-refractivity contribution < 1.29 is 13.9 Å². The van der Waals surface area contributed by atoms with Crippen LogP contribution < -0.4 is 0 Å². The predicted octanol–water partition coefficient (Wildman–Crippen LogP) is 2.86. The SMILES string of the molecule is CN(CC(=O)N1CCCC(OCc2ccccn2)C1)Cc1ccccc1F. The molecule has 1 atom stereocenters. The molecule has 6 heteroatoms. The van der Waals surface area contributed by atoms with Gasteiger partial charge in [0.15, 0.2) is 0 Å². The molecule has 1 amide bonds. The fourth-order valence-electron chi connectivity index (χ4n) is 3.29. The Morgan fingerprint density at radius 3 is 2.89 bits per heavy atom. The molecule has 3 rings (SSSR count). The number of likely N-dealkylation sites (tertiary alicyclic amines) is 1. The van der Waals surface area contributed by atoms with E-state index in [-0.39, 0.29) is 24.4 Å². The van der Waals surface area contributed by atoms with E-state index >= 15 is 0 Å². The van der Waals surface area contributed by atoms with Crippen molar-refractivity contribution in [1.82, 2.24) is 14.8 Å². The molecule has 2 heterocycles. The maximum absolute atomic E-state index is 13.8. The lowest BCUT2D eigenvalue weighted by atomic mass is 10.1. The van der Waals surface area contributed by atoms with E-state index in [1.165, 1.54) is 6.07 Å². The number of benzene rings is 1. The molecule has 1 aliphatic heterocycles. The summed E-state index contributed by atoms with van der Waals surface area (Å²) < 4.78 is 19.7. The van der Waals surface area contributed by atoms with Crippen LogP contribution in [-0.4, -0.2) is 53.5 Å². The number of hydrogen-bond acceptors (Lipinski definition) is 4. The first-order valence-corrected chi connectivity index (χ1v) is 9.33. The van der Waals surface area contributed by atoms with Gasteiger partial charge in [0, 0.05) is 31.4 Å². The number of hydrogen-bond donors (Lipinski definition) is 0. The van der Waals surface area contributed by atoms with Gasteiger partial charge in [-0.1, -0.05) is 24.3 Å². The summed E-state index contributed by atoms with van der Waals surface area (Å²) in [5.41, 5.74) is 1.49. The van der Waals surface area contributed by atoms with Crippen LogP contribution >= 0.6 is 0 Å². The molecular formula is C21H26FN3O2. The van der Waals surface area contributed by atoms with Gasteiger partial charge in [-0.2, -0.15) is 0 Å². The molecule has 1 unspecified atom stereocenters. The van der Waals surface area contributed by atoms with E-state index in [0.717, 1.165) is 25.1 Å². The number of likely N-dealkylation sites (N-methyl/N-ethyl adjacent to an activating group) is 1. The fraction of sp³-hybridized carbons (Fsp3) is 0.429. The molecule has 1 aromatic heterocycles. The summed E-state index contributed by atoms with van der Waals surface area (Å²) in [7, 11) is 1.84. The Labute approximate surface area is 159 Å². The summed E-state index contributed by atoms with van der Waals surface area (Å²) in [5.74, 6) is -0.183. The zero-order valence-corrected chi connectivity index (χ0v) is 15.7. The van der Waals surface area contributed by atoms with Crippen molar-refractivity contribution in [2.75, 3.05) is 26.7 Å². The van der Waals surface area contributed by atoms with Crippen LogP contribution in [0.2, 0.25) is 0 Å². The molecule has 5 nitrogen and oxygen atoms in total. The number of carbonyl (C=O) groups is 1. The van der Waals surface area contributed by atoms with E-state index in [2.05, 4.69) is 4.98 Å². The highest BCUT2D eigenvalue weighted by atomic mass is 19.1. The van der Waals surface area contributed by atoms with Crippen molar-refractivity contribution in [3.63, 3.8) is 0 Å². The number of amides is 1. The summed E-state index contributed by atoms with van der Waals surface area (Å²) >= 11 is 0. The van der Waals surface area contributed by atoms with Crippen molar-refractivity contribution in [2.24, 2.45) is 0 Å². The molecule has 0 spiro atoms.